The number of carboxylic acids is 1. The molecule has 1 aromatic rings. The van der Waals surface area contributed by atoms with Crippen molar-refractivity contribution in [2.75, 3.05) is 0 Å². The van der Waals surface area contributed by atoms with E-state index in [9.17, 15) is 14.3 Å². The quantitative estimate of drug-likeness (QED) is 0.802. The third-order valence-electron chi connectivity index (χ3n) is 2.23. The lowest BCUT2D eigenvalue weighted by Crippen LogP contribution is -2.04. The number of hydrogen-bond donors (Lipinski definition) is 2. The van der Waals surface area contributed by atoms with Gasteiger partial charge in [0.25, 0.3) is 0 Å². The van der Waals surface area contributed by atoms with Gasteiger partial charge >= 0.3 is 5.97 Å². The first kappa shape index (κ1) is 11.7. The van der Waals surface area contributed by atoms with Gasteiger partial charge in [0.2, 0.25) is 0 Å². The average molecular weight is 212 g/mol. The summed E-state index contributed by atoms with van der Waals surface area (Å²) in [5.41, 5.74) is 1.21. The fourth-order valence-corrected chi connectivity index (χ4v) is 1.39. The zero-order valence-corrected chi connectivity index (χ0v) is 8.40. The van der Waals surface area contributed by atoms with E-state index in [-0.39, 0.29) is 12.8 Å². The zero-order chi connectivity index (χ0) is 11.4. The van der Waals surface area contributed by atoms with E-state index < -0.39 is 17.9 Å². The summed E-state index contributed by atoms with van der Waals surface area (Å²) in [5, 5.41) is 18.1. The van der Waals surface area contributed by atoms with Crippen molar-refractivity contribution in [3.63, 3.8) is 0 Å². The number of aliphatic hydroxyl groups is 1. The van der Waals surface area contributed by atoms with Crippen molar-refractivity contribution in [3.05, 3.63) is 35.1 Å². The molecule has 0 spiro atoms. The van der Waals surface area contributed by atoms with Crippen LogP contribution in [0.25, 0.3) is 0 Å². The summed E-state index contributed by atoms with van der Waals surface area (Å²) in [6.45, 7) is 1.75. The van der Waals surface area contributed by atoms with Crippen LogP contribution in [0.15, 0.2) is 18.2 Å². The van der Waals surface area contributed by atoms with Crippen LogP contribution in [0.4, 0.5) is 4.39 Å². The molecule has 15 heavy (non-hydrogen) atoms. The summed E-state index contributed by atoms with van der Waals surface area (Å²) in [6.07, 6.45) is -0.951. The number of carboxylic acid groups (broad SMARTS) is 1. The van der Waals surface area contributed by atoms with E-state index in [1.165, 1.54) is 12.1 Å². The first-order chi connectivity index (χ1) is 7.00. The summed E-state index contributed by atoms with van der Waals surface area (Å²) < 4.78 is 12.9. The second kappa shape index (κ2) is 4.89. The van der Waals surface area contributed by atoms with Crippen molar-refractivity contribution in [2.45, 2.75) is 25.9 Å². The van der Waals surface area contributed by atoms with Gasteiger partial charge in [0, 0.05) is 6.42 Å². The SMILES string of the molecule is Cc1ccc(F)cc1C(O)CCC(=O)O. The van der Waals surface area contributed by atoms with Crippen LogP contribution >= 0.6 is 0 Å². The van der Waals surface area contributed by atoms with E-state index in [0.717, 1.165) is 5.56 Å². The molecule has 0 aromatic heterocycles. The molecule has 3 nitrogen and oxygen atoms in total. The monoisotopic (exact) mass is 212 g/mol. The normalized spacial score (nSPS) is 12.5. The summed E-state index contributed by atoms with van der Waals surface area (Å²) in [6, 6.07) is 4.11. The van der Waals surface area contributed by atoms with Crippen LogP contribution in [0, 0.1) is 12.7 Å². The molecule has 0 fully saturated rings. The molecule has 1 rings (SSSR count). The number of carbonyl (C=O) groups is 1. The molecule has 0 saturated heterocycles. The molecule has 0 amide bonds. The van der Waals surface area contributed by atoms with Gasteiger partial charge < -0.3 is 10.2 Å². The standard InChI is InChI=1S/C11H13FO3/c1-7-2-3-8(12)6-9(7)10(13)4-5-11(14)15/h2-3,6,10,13H,4-5H2,1H3,(H,14,15). The summed E-state index contributed by atoms with van der Waals surface area (Å²) in [7, 11) is 0. The van der Waals surface area contributed by atoms with Crippen LogP contribution in [-0.4, -0.2) is 16.2 Å². The number of aryl methyl sites for hydroxylation is 1. The second-order valence-corrected chi connectivity index (χ2v) is 3.45. The molecule has 1 unspecified atom stereocenters. The van der Waals surface area contributed by atoms with Gasteiger partial charge in [0.1, 0.15) is 5.82 Å². The lowest BCUT2D eigenvalue weighted by atomic mass is 10.00. The van der Waals surface area contributed by atoms with Crippen molar-refractivity contribution in [2.24, 2.45) is 0 Å². The lowest BCUT2D eigenvalue weighted by Gasteiger charge is -2.12. The number of benzene rings is 1. The highest BCUT2D eigenvalue weighted by atomic mass is 19.1. The molecule has 82 valence electrons. The van der Waals surface area contributed by atoms with Gasteiger partial charge in [-0.3, -0.25) is 4.79 Å². The fourth-order valence-electron chi connectivity index (χ4n) is 1.39. The van der Waals surface area contributed by atoms with Gasteiger partial charge in [0.05, 0.1) is 6.10 Å². The zero-order valence-electron chi connectivity index (χ0n) is 8.40. The maximum atomic E-state index is 12.9. The molecule has 0 radical (unpaired) electrons. The minimum absolute atomic E-state index is 0.0969. The van der Waals surface area contributed by atoms with Crippen LogP contribution < -0.4 is 0 Å². The highest BCUT2D eigenvalue weighted by Gasteiger charge is 2.12. The van der Waals surface area contributed by atoms with E-state index in [1.54, 1.807) is 13.0 Å². The highest BCUT2D eigenvalue weighted by molar-refractivity contribution is 5.66. The average Bonchev–Trinajstić information content (AvgIpc) is 2.18. The van der Waals surface area contributed by atoms with E-state index in [2.05, 4.69) is 0 Å². The van der Waals surface area contributed by atoms with Crippen LogP contribution in [0.2, 0.25) is 0 Å². The van der Waals surface area contributed by atoms with E-state index in [1.807, 2.05) is 0 Å². The van der Waals surface area contributed by atoms with Crippen LogP contribution in [0.3, 0.4) is 0 Å². The molecule has 0 heterocycles. The van der Waals surface area contributed by atoms with E-state index in [4.69, 9.17) is 5.11 Å². The van der Waals surface area contributed by atoms with Crippen LogP contribution in [0.1, 0.15) is 30.1 Å². The lowest BCUT2D eigenvalue weighted by molar-refractivity contribution is -0.137. The maximum absolute atomic E-state index is 12.9. The number of halogens is 1. The molecule has 4 heteroatoms. The van der Waals surface area contributed by atoms with Gasteiger partial charge in [-0.2, -0.15) is 0 Å². The topological polar surface area (TPSA) is 57.5 Å². The highest BCUT2D eigenvalue weighted by Crippen LogP contribution is 2.22. The summed E-state index contributed by atoms with van der Waals surface area (Å²) in [4.78, 5) is 10.3. The van der Waals surface area contributed by atoms with Crippen LogP contribution in [0.5, 0.6) is 0 Å². The molecular weight excluding hydrogens is 199 g/mol. The minimum atomic E-state index is -0.969. The molecule has 0 aliphatic rings. The number of rotatable bonds is 4. The van der Waals surface area contributed by atoms with Gasteiger partial charge in [-0.15, -0.1) is 0 Å². The molecule has 1 aromatic carbocycles. The van der Waals surface area contributed by atoms with Gasteiger partial charge in [-0.25, -0.2) is 4.39 Å². The number of hydrogen-bond acceptors (Lipinski definition) is 2. The predicted molar refractivity (Wildman–Crippen MR) is 53.0 cm³/mol. The second-order valence-electron chi connectivity index (χ2n) is 3.45. The van der Waals surface area contributed by atoms with Crippen molar-refractivity contribution >= 4 is 5.97 Å². The Morgan fingerprint density at radius 3 is 2.80 bits per heavy atom. The van der Waals surface area contributed by atoms with E-state index in [0.29, 0.717) is 5.56 Å². The Labute approximate surface area is 87.2 Å². The Morgan fingerprint density at radius 1 is 1.53 bits per heavy atom. The van der Waals surface area contributed by atoms with Gasteiger partial charge in [0.15, 0.2) is 0 Å². The first-order valence-corrected chi connectivity index (χ1v) is 4.66. The number of aliphatic hydroxyl groups excluding tert-OH is 1. The fraction of sp³-hybridized carbons (Fsp3) is 0.364. The van der Waals surface area contributed by atoms with E-state index >= 15 is 0 Å². The molecule has 1 atom stereocenters. The van der Waals surface area contributed by atoms with Gasteiger partial charge in [-0.1, -0.05) is 6.07 Å². The Hall–Kier alpha value is -1.42. The molecular formula is C11H13FO3. The molecule has 0 bridgehead atoms. The smallest absolute Gasteiger partial charge is 0.303 e. The van der Waals surface area contributed by atoms with Crippen molar-refractivity contribution in [1.29, 1.82) is 0 Å². The Balaban J connectivity index is 2.76. The maximum Gasteiger partial charge on any atom is 0.303 e. The third kappa shape index (κ3) is 3.32. The van der Waals surface area contributed by atoms with Crippen LogP contribution in [-0.2, 0) is 4.79 Å². The minimum Gasteiger partial charge on any atom is -0.481 e. The molecule has 2 N–H and O–H groups in total. The summed E-state index contributed by atoms with van der Waals surface area (Å²) in [5.74, 6) is -1.40. The molecule has 0 aliphatic carbocycles. The Morgan fingerprint density at radius 2 is 2.20 bits per heavy atom. The molecule has 0 saturated carbocycles. The third-order valence-corrected chi connectivity index (χ3v) is 2.23. The number of aliphatic carboxylic acids is 1. The predicted octanol–water partition coefficient (Wildman–Crippen LogP) is 2.03. The van der Waals surface area contributed by atoms with Gasteiger partial charge in [-0.05, 0) is 36.6 Å². The van der Waals surface area contributed by atoms with Crippen molar-refractivity contribution < 1.29 is 19.4 Å². The first-order valence-electron chi connectivity index (χ1n) is 4.66. The van der Waals surface area contributed by atoms with Crippen molar-refractivity contribution in [3.8, 4) is 0 Å². The largest absolute Gasteiger partial charge is 0.481 e. The summed E-state index contributed by atoms with van der Waals surface area (Å²) >= 11 is 0. The Kier molecular flexibility index (Phi) is 3.80. The van der Waals surface area contributed by atoms with Crippen molar-refractivity contribution in [1.82, 2.24) is 0 Å². The Bertz CT molecular complexity index is 363. The molecule has 0 aliphatic heterocycles.